The van der Waals surface area contributed by atoms with Crippen LogP contribution in [-0.2, 0) is 5.88 Å². The Morgan fingerprint density at radius 3 is 2.84 bits per heavy atom. The first-order valence-electron chi connectivity index (χ1n) is 6.94. The highest BCUT2D eigenvalue weighted by molar-refractivity contribution is 6.17. The van der Waals surface area contributed by atoms with Crippen LogP contribution in [0, 0.1) is 10.1 Å². The van der Waals surface area contributed by atoms with Gasteiger partial charge in [0.15, 0.2) is 0 Å². The average Bonchev–Trinajstić information content (AvgIpc) is 2.61. The Morgan fingerprint density at radius 2 is 2.12 bits per heavy atom. The van der Waals surface area contributed by atoms with E-state index in [2.05, 4.69) is 4.98 Å². The third kappa shape index (κ3) is 3.33. The number of pyridine rings is 1. The second kappa shape index (κ2) is 6.70. The van der Waals surface area contributed by atoms with Crippen molar-refractivity contribution < 1.29 is 18.9 Å². The first-order valence-corrected chi connectivity index (χ1v) is 7.47. The Kier molecular flexibility index (Phi) is 4.44. The van der Waals surface area contributed by atoms with Gasteiger partial charge in [0.1, 0.15) is 17.3 Å². The molecule has 2 aromatic heterocycles. The molecule has 0 spiro atoms. The summed E-state index contributed by atoms with van der Waals surface area (Å²) in [5.41, 5.74) is -0.256. The molecule has 3 aromatic rings. The predicted molar refractivity (Wildman–Crippen MR) is 87.9 cm³/mol. The van der Waals surface area contributed by atoms with Gasteiger partial charge in [-0.1, -0.05) is 6.07 Å². The molecule has 0 unspecified atom stereocenters. The molecule has 0 N–H and O–H groups in total. The van der Waals surface area contributed by atoms with Gasteiger partial charge in [0.05, 0.1) is 0 Å². The van der Waals surface area contributed by atoms with Crippen molar-refractivity contribution in [1.29, 1.82) is 0 Å². The minimum absolute atomic E-state index is 0.247. The van der Waals surface area contributed by atoms with E-state index >= 15 is 0 Å². The van der Waals surface area contributed by atoms with E-state index in [1.54, 1.807) is 18.2 Å². The maximum atomic E-state index is 12.2. The van der Waals surface area contributed by atoms with E-state index in [1.807, 2.05) is 0 Å². The number of carbonyl (C=O) groups excluding carboxylic acids is 1. The minimum Gasteiger partial charge on any atom is -0.422 e. The lowest BCUT2D eigenvalue weighted by atomic mass is 10.1. The van der Waals surface area contributed by atoms with Gasteiger partial charge < -0.3 is 19.3 Å². The molecule has 0 radical (unpaired) electrons. The van der Waals surface area contributed by atoms with Crippen LogP contribution in [0.2, 0.25) is 0 Å². The Hall–Kier alpha value is -3.26. The molecule has 3 rings (SSSR count). The smallest absolute Gasteiger partial charge is 0.406 e. The quantitative estimate of drug-likeness (QED) is 0.231. The number of hydrogen-bond donors (Lipinski definition) is 0. The van der Waals surface area contributed by atoms with Gasteiger partial charge >= 0.3 is 17.4 Å². The molecular formula is C16H9ClN2O6. The van der Waals surface area contributed by atoms with Gasteiger partial charge in [0, 0.05) is 11.3 Å². The summed E-state index contributed by atoms with van der Waals surface area (Å²) in [6, 6.07) is 8.78. The van der Waals surface area contributed by atoms with Gasteiger partial charge in [-0.15, -0.1) is 11.6 Å². The summed E-state index contributed by atoms with van der Waals surface area (Å²) in [5.74, 6) is -1.84. The number of alkyl halides is 1. The van der Waals surface area contributed by atoms with Crippen molar-refractivity contribution in [1.82, 2.24) is 4.98 Å². The number of nitrogens with zero attached hydrogens (tertiary/aromatic N) is 2. The third-order valence-electron chi connectivity index (χ3n) is 3.30. The molecule has 0 aliphatic rings. The van der Waals surface area contributed by atoms with Crippen molar-refractivity contribution in [2.75, 3.05) is 0 Å². The molecule has 8 nitrogen and oxygen atoms in total. The fourth-order valence-corrected chi connectivity index (χ4v) is 2.32. The fraction of sp³-hybridized carbons (Fsp3) is 0.0625. The van der Waals surface area contributed by atoms with E-state index < -0.39 is 27.9 Å². The highest BCUT2D eigenvalue weighted by atomic mass is 35.5. The Morgan fingerprint density at radius 1 is 1.32 bits per heavy atom. The first-order chi connectivity index (χ1) is 12.0. The summed E-state index contributed by atoms with van der Waals surface area (Å²) in [4.78, 5) is 37.9. The Labute approximate surface area is 144 Å². The summed E-state index contributed by atoms with van der Waals surface area (Å²) in [5, 5.41) is 11.4. The van der Waals surface area contributed by atoms with Crippen LogP contribution in [0.5, 0.6) is 5.75 Å². The molecule has 0 saturated carbocycles. The van der Waals surface area contributed by atoms with E-state index in [-0.39, 0.29) is 17.2 Å². The van der Waals surface area contributed by atoms with Crippen molar-refractivity contribution >= 4 is 34.4 Å². The Bertz CT molecular complexity index is 1050. The molecule has 1 aromatic carbocycles. The number of carbonyl (C=O) groups is 1. The molecule has 2 heterocycles. The summed E-state index contributed by atoms with van der Waals surface area (Å²) in [6.45, 7) is 0. The van der Waals surface area contributed by atoms with Crippen LogP contribution in [-0.4, -0.2) is 15.9 Å². The zero-order valence-electron chi connectivity index (χ0n) is 12.5. The van der Waals surface area contributed by atoms with Gasteiger partial charge in [0.25, 0.3) is 0 Å². The van der Waals surface area contributed by atoms with Crippen LogP contribution in [0.4, 0.5) is 5.82 Å². The number of ether oxygens (including phenoxy) is 1. The van der Waals surface area contributed by atoms with E-state index in [9.17, 15) is 19.7 Å². The van der Waals surface area contributed by atoms with E-state index in [0.717, 1.165) is 5.56 Å². The zero-order chi connectivity index (χ0) is 18.0. The molecule has 0 saturated heterocycles. The average molecular weight is 361 g/mol. The Balaban J connectivity index is 2.01. The van der Waals surface area contributed by atoms with E-state index in [0.29, 0.717) is 5.39 Å². The van der Waals surface area contributed by atoms with Gasteiger partial charge in [-0.3, -0.25) is 0 Å². The van der Waals surface area contributed by atoms with Crippen LogP contribution in [0.1, 0.15) is 15.9 Å². The van der Waals surface area contributed by atoms with Gasteiger partial charge in [-0.2, -0.15) is 0 Å². The van der Waals surface area contributed by atoms with Crippen molar-refractivity contribution in [3.63, 3.8) is 0 Å². The number of hydrogen-bond acceptors (Lipinski definition) is 7. The molecule has 25 heavy (non-hydrogen) atoms. The van der Waals surface area contributed by atoms with Crippen LogP contribution >= 0.6 is 11.6 Å². The van der Waals surface area contributed by atoms with Crippen molar-refractivity contribution in [2.45, 2.75) is 5.88 Å². The lowest BCUT2D eigenvalue weighted by Gasteiger charge is -2.05. The number of rotatable bonds is 4. The van der Waals surface area contributed by atoms with Gasteiger partial charge in [0.2, 0.25) is 5.75 Å². The molecule has 0 aliphatic heterocycles. The highest BCUT2D eigenvalue weighted by Crippen LogP contribution is 2.24. The zero-order valence-corrected chi connectivity index (χ0v) is 13.2. The second-order valence-electron chi connectivity index (χ2n) is 4.93. The molecule has 0 amide bonds. The van der Waals surface area contributed by atoms with Gasteiger partial charge in [-0.25, -0.2) is 9.59 Å². The normalized spacial score (nSPS) is 10.6. The molecule has 0 bridgehead atoms. The number of halogens is 1. The molecular weight excluding hydrogens is 352 g/mol. The third-order valence-corrected chi connectivity index (χ3v) is 3.61. The maximum absolute atomic E-state index is 12.2. The van der Waals surface area contributed by atoms with Crippen LogP contribution < -0.4 is 10.4 Å². The predicted octanol–water partition coefficient (Wildman–Crippen LogP) is 3.05. The number of esters is 1. The van der Waals surface area contributed by atoms with Crippen LogP contribution in [0.25, 0.3) is 11.0 Å². The highest BCUT2D eigenvalue weighted by Gasteiger charge is 2.22. The van der Waals surface area contributed by atoms with Crippen molar-refractivity contribution in [3.05, 3.63) is 74.3 Å². The molecule has 0 atom stereocenters. The number of benzene rings is 1. The number of aromatic nitrogens is 1. The van der Waals surface area contributed by atoms with Crippen molar-refractivity contribution in [2.24, 2.45) is 0 Å². The second-order valence-corrected chi connectivity index (χ2v) is 5.19. The lowest BCUT2D eigenvalue weighted by molar-refractivity contribution is -0.390. The number of fused-ring (bicyclic) bond motifs is 1. The largest absolute Gasteiger partial charge is 0.422 e. The van der Waals surface area contributed by atoms with Crippen LogP contribution in [0.3, 0.4) is 0 Å². The van der Waals surface area contributed by atoms with Crippen molar-refractivity contribution in [3.8, 4) is 5.75 Å². The lowest BCUT2D eigenvalue weighted by Crippen LogP contribution is -2.19. The SMILES string of the molecule is O=C(Oc1cccnc1[N+](=O)[O-])c1cc2cc(CCl)ccc2oc1=O. The van der Waals surface area contributed by atoms with Crippen LogP contribution in [0.15, 0.2) is 51.8 Å². The fourth-order valence-electron chi connectivity index (χ4n) is 2.15. The molecule has 9 heteroatoms. The van der Waals surface area contributed by atoms with E-state index in [4.69, 9.17) is 20.8 Å². The molecule has 126 valence electrons. The summed E-state index contributed by atoms with van der Waals surface area (Å²) >= 11 is 5.76. The van der Waals surface area contributed by atoms with E-state index in [1.165, 1.54) is 24.4 Å². The topological polar surface area (TPSA) is 113 Å². The molecule has 0 aliphatic carbocycles. The summed E-state index contributed by atoms with van der Waals surface area (Å²) in [6.07, 6.45) is 1.19. The first kappa shape index (κ1) is 16.6. The standard InChI is InChI=1S/C16H9ClN2O6/c17-8-9-3-4-12-10(6-9)7-11(15(20)24-12)16(21)25-13-2-1-5-18-14(13)19(22)23/h1-7H,8H2. The van der Waals surface area contributed by atoms with Gasteiger partial charge in [-0.05, 0) is 45.8 Å². The molecule has 0 fully saturated rings. The monoisotopic (exact) mass is 360 g/mol. The summed E-state index contributed by atoms with van der Waals surface area (Å²) < 4.78 is 10.0. The minimum atomic E-state index is -1.08. The summed E-state index contributed by atoms with van der Waals surface area (Å²) in [7, 11) is 0. The number of nitro groups is 1. The maximum Gasteiger partial charge on any atom is 0.406 e.